The summed E-state index contributed by atoms with van der Waals surface area (Å²) in [6.45, 7) is 6.09. The second-order valence-corrected chi connectivity index (χ2v) is 9.47. The van der Waals surface area contributed by atoms with E-state index in [2.05, 4.69) is 50.4 Å². The minimum atomic E-state index is 0.545. The Labute approximate surface area is 193 Å². The molecule has 0 amide bonds. The highest BCUT2D eigenvalue weighted by atomic mass is 32.1. The van der Waals surface area contributed by atoms with Gasteiger partial charge in [-0.25, -0.2) is 19.9 Å². The van der Waals surface area contributed by atoms with Crippen LogP contribution in [0.3, 0.4) is 0 Å². The van der Waals surface area contributed by atoms with Gasteiger partial charge in [0, 0.05) is 45.5 Å². The number of nitrogens with one attached hydrogen (secondary N) is 2. The predicted molar refractivity (Wildman–Crippen MR) is 131 cm³/mol. The fraction of sp³-hybridized carbons (Fsp3) is 0.478. The Kier molecular flexibility index (Phi) is 6.18. The minimum Gasteiger partial charge on any atom is -0.368 e. The molecule has 1 saturated heterocycles. The molecule has 1 saturated carbocycles. The summed E-state index contributed by atoms with van der Waals surface area (Å²) in [5, 5.41) is 7.70. The number of hydrogen-bond acceptors (Lipinski definition) is 9. The van der Waals surface area contributed by atoms with Crippen molar-refractivity contribution in [1.82, 2.24) is 25.3 Å². The van der Waals surface area contributed by atoms with Gasteiger partial charge in [-0.2, -0.15) is 0 Å². The zero-order valence-electron chi connectivity index (χ0n) is 18.7. The molecule has 32 heavy (non-hydrogen) atoms. The lowest BCUT2D eigenvalue weighted by Crippen LogP contribution is -2.43. The first-order valence-corrected chi connectivity index (χ1v) is 12.2. The Morgan fingerprint density at radius 3 is 2.66 bits per heavy atom. The van der Waals surface area contributed by atoms with Crippen LogP contribution in [0.2, 0.25) is 0 Å². The molecule has 9 heteroatoms. The number of thiazole rings is 1. The summed E-state index contributed by atoms with van der Waals surface area (Å²) >= 11 is 1.71. The molecule has 0 aromatic carbocycles. The smallest absolute Gasteiger partial charge is 0.228 e. The van der Waals surface area contributed by atoms with Crippen LogP contribution in [0.15, 0.2) is 30.6 Å². The molecule has 0 bridgehead atoms. The van der Waals surface area contributed by atoms with Crippen LogP contribution in [0.4, 0.5) is 22.6 Å². The number of aryl methyl sites for hydroxylation is 1. The zero-order chi connectivity index (χ0) is 21.9. The van der Waals surface area contributed by atoms with Crippen LogP contribution < -0.4 is 20.4 Å². The summed E-state index contributed by atoms with van der Waals surface area (Å²) in [6, 6.07) is 6.64. The van der Waals surface area contributed by atoms with E-state index in [0.29, 0.717) is 12.0 Å². The van der Waals surface area contributed by atoms with Crippen LogP contribution in [0, 0.1) is 6.92 Å². The number of nitrogens with zero attached hydrogens (tertiary/aromatic N) is 6. The summed E-state index contributed by atoms with van der Waals surface area (Å²) in [5.41, 5.74) is 3.05. The summed E-state index contributed by atoms with van der Waals surface area (Å²) in [4.78, 5) is 24.3. The molecule has 8 nitrogen and oxygen atoms in total. The van der Waals surface area contributed by atoms with Gasteiger partial charge in [0.15, 0.2) is 5.13 Å². The van der Waals surface area contributed by atoms with Crippen molar-refractivity contribution >= 4 is 33.9 Å². The maximum atomic E-state index is 4.84. The van der Waals surface area contributed by atoms with Gasteiger partial charge in [-0.05, 0) is 38.0 Å². The molecule has 5 rings (SSSR count). The fourth-order valence-electron chi connectivity index (χ4n) is 4.45. The van der Waals surface area contributed by atoms with E-state index < -0.39 is 0 Å². The summed E-state index contributed by atoms with van der Waals surface area (Å²) in [5.74, 6) is 1.28. The van der Waals surface area contributed by atoms with E-state index in [4.69, 9.17) is 9.97 Å². The molecular weight excluding hydrogens is 420 g/mol. The third-order valence-corrected chi connectivity index (χ3v) is 7.59. The second-order valence-electron chi connectivity index (χ2n) is 8.49. The summed E-state index contributed by atoms with van der Waals surface area (Å²) in [6.07, 6.45) is 8.85. The Balaban J connectivity index is 1.30. The van der Waals surface area contributed by atoms with Crippen molar-refractivity contribution in [3.05, 3.63) is 36.3 Å². The van der Waals surface area contributed by atoms with E-state index in [-0.39, 0.29) is 0 Å². The Bertz CT molecular complexity index is 1040. The molecule has 1 aliphatic heterocycles. The maximum absolute atomic E-state index is 4.84. The van der Waals surface area contributed by atoms with Crippen molar-refractivity contribution in [2.24, 2.45) is 0 Å². The molecule has 3 aromatic rings. The second kappa shape index (κ2) is 9.38. The average Bonchev–Trinajstić information content (AvgIpc) is 3.50. The van der Waals surface area contributed by atoms with Gasteiger partial charge in [0.2, 0.25) is 5.95 Å². The van der Waals surface area contributed by atoms with Gasteiger partial charge < -0.3 is 20.4 Å². The van der Waals surface area contributed by atoms with Gasteiger partial charge in [0.05, 0.1) is 28.1 Å². The number of anilines is 4. The number of rotatable bonds is 6. The Morgan fingerprint density at radius 1 is 1.09 bits per heavy atom. The van der Waals surface area contributed by atoms with Crippen molar-refractivity contribution in [2.75, 3.05) is 48.3 Å². The lowest BCUT2D eigenvalue weighted by atomic mass is 10.2. The maximum Gasteiger partial charge on any atom is 0.228 e. The zero-order valence-corrected chi connectivity index (χ0v) is 19.5. The van der Waals surface area contributed by atoms with E-state index in [1.807, 2.05) is 18.3 Å². The predicted octanol–water partition coefficient (Wildman–Crippen LogP) is 3.84. The summed E-state index contributed by atoms with van der Waals surface area (Å²) < 4.78 is 0. The van der Waals surface area contributed by atoms with E-state index in [9.17, 15) is 0 Å². The first kappa shape index (κ1) is 21.1. The number of aromatic nitrogens is 4. The lowest BCUT2D eigenvalue weighted by Gasteiger charge is -2.29. The van der Waals surface area contributed by atoms with E-state index >= 15 is 0 Å². The van der Waals surface area contributed by atoms with Crippen molar-refractivity contribution in [3.8, 4) is 10.6 Å². The van der Waals surface area contributed by atoms with Crippen molar-refractivity contribution in [1.29, 1.82) is 0 Å². The normalized spacial score (nSPS) is 17.0. The molecule has 2 fully saturated rings. The molecule has 3 aromatic heterocycles. The molecule has 0 spiro atoms. The van der Waals surface area contributed by atoms with Gasteiger partial charge in [-0.15, -0.1) is 0 Å². The molecule has 0 atom stereocenters. The van der Waals surface area contributed by atoms with Crippen LogP contribution in [0.1, 0.15) is 31.4 Å². The average molecular weight is 451 g/mol. The van der Waals surface area contributed by atoms with Gasteiger partial charge in [-0.1, -0.05) is 24.2 Å². The molecule has 2 aliphatic rings. The first-order valence-electron chi connectivity index (χ1n) is 11.4. The van der Waals surface area contributed by atoms with Crippen LogP contribution in [-0.4, -0.2) is 59.2 Å². The molecule has 4 heterocycles. The van der Waals surface area contributed by atoms with Crippen molar-refractivity contribution in [2.45, 2.75) is 38.6 Å². The van der Waals surface area contributed by atoms with E-state index in [1.165, 1.54) is 25.7 Å². The molecule has 0 unspecified atom stereocenters. The van der Waals surface area contributed by atoms with E-state index in [0.717, 1.165) is 59.1 Å². The van der Waals surface area contributed by atoms with Gasteiger partial charge >= 0.3 is 0 Å². The SMILES string of the molecule is Cc1nc(N(C)C2CCCC2)sc1-c1ccnc(Nc2ccc(N3CCNCC3)cn2)n1. The monoisotopic (exact) mass is 450 g/mol. The third kappa shape index (κ3) is 4.54. The number of pyridine rings is 1. The molecule has 1 aliphatic carbocycles. The molecule has 168 valence electrons. The first-order chi connectivity index (χ1) is 15.7. The highest BCUT2D eigenvalue weighted by molar-refractivity contribution is 7.19. The van der Waals surface area contributed by atoms with Crippen LogP contribution in [-0.2, 0) is 0 Å². The highest BCUT2D eigenvalue weighted by Crippen LogP contribution is 2.36. The van der Waals surface area contributed by atoms with Gasteiger partial charge in [-0.3, -0.25) is 0 Å². The standard InChI is InChI=1S/C23H30N8S/c1-16-21(32-23(27-16)30(2)17-5-3-4-6-17)19-9-10-25-22(28-19)29-20-8-7-18(15-26-20)31-13-11-24-12-14-31/h7-10,15,17,24H,3-6,11-14H2,1-2H3,(H,25,26,28,29). The molecule has 2 N–H and O–H groups in total. The van der Waals surface area contributed by atoms with Crippen LogP contribution >= 0.6 is 11.3 Å². The summed E-state index contributed by atoms with van der Waals surface area (Å²) in [7, 11) is 2.17. The number of piperazine rings is 1. The van der Waals surface area contributed by atoms with Crippen molar-refractivity contribution in [3.63, 3.8) is 0 Å². The Morgan fingerprint density at radius 2 is 1.91 bits per heavy atom. The molecular formula is C23H30N8S. The van der Waals surface area contributed by atoms with Gasteiger partial charge in [0.1, 0.15) is 5.82 Å². The quantitative estimate of drug-likeness (QED) is 0.586. The van der Waals surface area contributed by atoms with Crippen molar-refractivity contribution < 1.29 is 0 Å². The Hall–Kier alpha value is -2.78. The minimum absolute atomic E-state index is 0.545. The largest absolute Gasteiger partial charge is 0.368 e. The highest BCUT2D eigenvalue weighted by Gasteiger charge is 2.23. The topological polar surface area (TPSA) is 82.1 Å². The lowest BCUT2D eigenvalue weighted by molar-refractivity contribution is 0.589. The third-order valence-electron chi connectivity index (χ3n) is 6.32. The van der Waals surface area contributed by atoms with Gasteiger partial charge in [0.25, 0.3) is 0 Å². The van der Waals surface area contributed by atoms with Crippen LogP contribution in [0.5, 0.6) is 0 Å². The fourth-order valence-corrected chi connectivity index (χ4v) is 5.52. The van der Waals surface area contributed by atoms with E-state index in [1.54, 1.807) is 17.5 Å². The number of hydrogen-bond donors (Lipinski definition) is 2. The molecule has 0 radical (unpaired) electrons. The van der Waals surface area contributed by atoms with Crippen LogP contribution in [0.25, 0.3) is 10.6 Å².